The van der Waals surface area contributed by atoms with Gasteiger partial charge in [-0.1, -0.05) is 44.6 Å². The molecule has 0 heteroatoms. The third-order valence-electron chi connectivity index (χ3n) is 5.63. The van der Waals surface area contributed by atoms with Gasteiger partial charge in [0.1, 0.15) is 0 Å². The molecule has 0 aromatic rings. The molecule has 0 spiro atoms. The van der Waals surface area contributed by atoms with Crippen LogP contribution < -0.4 is 0 Å². The predicted molar refractivity (Wildman–Crippen MR) is 88.4 cm³/mol. The Morgan fingerprint density at radius 1 is 0.800 bits per heavy atom. The quantitative estimate of drug-likeness (QED) is 0.554. The summed E-state index contributed by atoms with van der Waals surface area (Å²) in [5, 5.41) is 0. The molecular formula is C20H32. The lowest BCUT2D eigenvalue weighted by Gasteiger charge is -2.25. The zero-order chi connectivity index (χ0) is 14.2. The summed E-state index contributed by atoms with van der Waals surface area (Å²) < 4.78 is 0. The molecule has 20 heavy (non-hydrogen) atoms. The first-order valence-corrected chi connectivity index (χ1v) is 8.99. The molecule has 0 bridgehead atoms. The maximum Gasteiger partial charge on any atom is 0.0206 e. The lowest BCUT2D eigenvalue weighted by atomic mass is 9.80. The fraction of sp³-hybridized carbons (Fsp3) is 0.800. The Morgan fingerprint density at radius 3 is 1.90 bits per heavy atom. The molecule has 0 N–H and O–H groups in total. The van der Waals surface area contributed by atoms with Crippen LogP contribution >= 0.6 is 0 Å². The van der Waals surface area contributed by atoms with E-state index in [-0.39, 0.29) is 0 Å². The van der Waals surface area contributed by atoms with Crippen molar-refractivity contribution >= 4 is 0 Å². The van der Waals surface area contributed by atoms with E-state index in [0.717, 1.165) is 17.8 Å². The van der Waals surface area contributed by atoms with Crippen molar-refractivity contribution in [1.29, 1.82) is 0 Å². The van der Waals surface area contributed by atoms with Gasteiger partial charge >= 0.3 is 0 Å². The van der Waals surface area contributed by atoms with Crippen LogP contribution in [0, 0.1) is 35.5 Å². The summed E-state index contributed by atoms with van der Waals surface area (Å²) in [5.74, 6) is 10.3. The molecule has 0 aromatic heterocycles. The average Bonchev–Trinajstić information content (AvgIpc) is 2.53. The highest BCUT2D eigenvalue weighted by atomic mass is 14.2. The Labute approximate surface area is 126 Å². The van der Waals surface area contributed by atoms with E-state index in [2.05, 4.69) is 37.8 Å². The summed E-state index contributed by atoms with van der Waals surface area (Å²) in [6.45, 7) is 4.66. The van der Waals surface area contributed by atoms with E-state index in [9.17, 15) is 0 Å². The minimum Gasteiger partial charge on any atom is -0.0951 e. The molecule has 2 rings (SSSR count). The van der Waals surface area contributed by atoms with Crippen molar-refractivity contribution in [3.05, 3.63) is 12.2 Å². The molecule has 2 aliphatic rings. The third kappa shape index (κ3) is 5.01. The molecule has 0 aromatic carbocycles. The highest BCUT2D eigenvalue weighted by molar-refractivity contribution is 5.18. The summed E-state index contributed by atoms with van der Waals surface area (Å²) in [6, 6.07) is 0. The van der Waals surface area contributed by atoms with Crippen molar-refractivity contribution in [3.8, 4) is 11.8 Å². The maximum atomic E-state index is 3.49. The van der Waals surface area contributed by atoms with E-state index in [1.807, 2.05) is 0 Å². The molecular weight excluding hydrogens is 240 g/mol. The van der Waals surface area contributed by atoms with Crippen LogP contribution in [-0.2, 0) is 0 Å². The minimum absolute atomic E-state index is 0.679. The van der Waals surface area contributed by atoms with Gasteiger partial charge in [-0.25, -0.2) is 0 Å². The van der Waals surface area contributed by atoms with Gasteiger partial charge in [-0.05, 0) is 75.2 Å². The second-order valence-electron chi connectivity index (χ2n) is 6.96. The Balaban J connectivity index is 1.68. The molecule has 2 saturated carbocycles. The van der Waals surface area contributed by atoms with Crippen LogP contribution in [0.4, 0.5) is 0 Å². The third-order valence-corrected chi connectivity index (χ3v) is 5.63. The number of hydrogen-bond acceptors (Lipinski definition) is 0. The lowest BCUT2D eigenvalue weighted by molar-refractivity contribution is 0.303. The summed E-state index contributed by atoms with van der Waals surface area (Å²) in [7, 11) is 0. The number of allylic oxidation sites excluding steroid dienone is 2. The van der Waals surface area contributed by atoms with Gasteiger partial charge in [-0.15, -0.1) is 0 Å². The average molecular weight is 272 g/mol. The standard InChI is InChI=1S/C20H32/c1-3-17-9-13-19(14-10-17)7-5-6-8-20-15-11-18(4-2)12-16-20/h5,7,17-20H,3-4,9-16H2,1-2H3. The molecule has 0 heterocycles. The normalized spacial score (nSPS) is 34.7. The van der Waals surface area contributed by atoms with Gasteiger partial charge in [0.25, 0.3) is 0 Å². The molecule has 0 nitrogen and oxygen atoms in total. The van der Waals surface area contributed by atoms with E-state index in [1.165, 1.54) is 64.2 Å². The molecule has 0 amide bonds. The van der Waals surface area contributed by atoms with E-state index < -0.39 is 0 Å². The van der Waals surface area contributed by atoms with Gasteiger partial charge in [-0.2, -0.15) is 0 Å². The zero-order valence-corrected chi connectivity index (χ0v) is 13.5. The zero-order valence-electron chi connectivity index (χ0n) is 13.5. The second-order valence-corrected chi connectivity index (χ2v) is 6.96. The molecule has 0 atom stereocenters. The molecule has 2 aliphatic carbocycles. The van der Waals surface area contributed by atoms with Gasteiger partial charge in [0.15, 0.2) is 0 Å². The second kappa shape index (κ2) is 8.56. The van der Waals surface area contributed by atoms with Crippen LogP contribution in [0.5, 0.6) is 0 Å². The van der Waals surface area contributed by atoms with Crippen LogP contribution in [0.1, 0.15) is 78.1 Å². The van der Waals surface area contributed by atoms with Crippen molar-refractivity contribution in [2.45, 2.75) is 78.1 Å². The van der Waals surface area contributed by atoms with Crippen molar-refractivity contribution in [3.63, 3.8) is 0 Å². The van der Waals surface area contributed by atoms with E-state index in [4.69, 9.17) is 0 Å². The molecule has 0 radical (unpaired) electrons. The number of rotatable bonds is 3. The van der Waals surface area contributed by atoms with Gasteiger partial charge in [0.2, 0.25) is 0 Å². The summed E-state index contributed by atoms with van der Waals surface area (Å²) in [5.41, 5.74) is 0. The molecule has 112 valence electrons. The summed E-state index contributed by atoms with van der Waals surface area (Å²) in [4.78, 5) is 0. The first-order valence-electron chi connectivity index (χ1n) is 8.99. The molecule has 2 fully saturated rings. The van der Waals surface area contributed by atoms with Gasteiger partial charge < -0.3 is 0 Å². The van der Waals surface area contributed by atoms with Crippen molar-refractivity contribution in [2.24, 2.45) is 23.7 Å². The monoisotopic (exact) mass is 272 g/mol. The topological polar surface area (TPSA) is 0 Å². The fourth-order valence-corrected chi connectivity index (χ4v) is 3.85. The fourth-order valence-electron chi connectivity index (χ4n) is 3.85. The Bertz CT molecular complexity index is 338. The minimum atomic E-state index is 0.679. The van der Waals surface area contributed by atoms with E-state index >= 15 is 0 Å². The number of hydrogen-bond donors (Lipinski definition) is 0. The maximum absolute atomic E-state index is 3.49. The van der Waals surface area contributed by atoms with Crippen molar-refractivity contribution < 1.29 is 0 Å². The van der Waals surface area contributed by atoms with Crippen LogP contribution in [0.3, 0.4) is 0 Å². The van der Waals surface area contributed by atoms with Crippen LogP contribution in [0.25, 0.3) is 0 Å². The van der Waals surface area contributed by atoms with Gasteiger partial charge in [0, 0.05) is 5.92 Å². The van der Waals surface area contributed by atoms with E-state index in [1.54, 1.807) is 0 Å². The summed E-state index contributed by atoms with van der Waals surface area (Å²) >= 11 is 0. The van der Waals surface area contributed by atoms with Crippen molar-refractivity contribution in [2.75, 3.05) is 0 Å². The Kier molecular flexibility index (Phi) is 6.71. The van der Waals surface area contributed by atoms with Crippen LogP contribution in [0.2, 0.25) is 0 Å². The van der Waals surface area contributed by atoms with Crippen LogP contribution in [-0.4, -0.2) is 0 Å². The van der Waals surface area contributed by atoms with Gasteiger partial charge in [-0.3, -0.25) is 0 Å². The first-order chi connectivity index (χ1) is 9.81. The first kappa shape index (κ1) is 15.7. The lowest BCUT2D eigenvalue weighted by Crippen LogP contribution is -2.12. The summed E-state index contributed by atoms with van der Waals surface area (Å²) in [6.07, 6.45) is 18.4. The van der Waals surface area contributed by atoms with Gasteiger partial charge in [0.05, 0.1) is 0 Å². The SMILES string of the molecule is CCC1CCC(C#CC=CC2CCC(CC)CC2)CC1. The smallest absolute Gasteiger partial charge is 0.0206 e. The Hall–Kier alpha value is -0.700. The molecule has 0 unspecified atom stereocenters. The highest BCUT2D eigenvalue weighted by Gasteiger charge is 2.18. The predicted octanol–water partition coefficient (Wildman–Crippen LogP) is 5.98. The van der Waals surface area contributed by atoms with E-state index in [0.29, 0.717) is 5.92 Å². The van der Waals surface area contributed by atoms with Crippen LogP contribution in [0.15, 0.2) is 12.2 Å². The Morgan fingerprint density at radius 2 is 1.35 bits per heavy atom. The highest BCUT2D eigenvalue weighted by Crippen LogP contribution is 2.31. The molecule has 0 aliphatic heterocycles. The largest absolute Gasteiger partial charge is 0.0951 e. The molecule has 0 saturated heterocycles. The van der Waals surface area contributed by atoms with Crippen molar-refractivity contribution in [1.82, 2.24) is 0 Å².